The van der Waals surface area contributed by atoms with Crippen LogP contribution in [-0.4, -0.2) is 15.6 Å². The Morgan fingerprint density at radius 1 is 1.37 bits per heavy atom. The van der Waals surface area contributed by atoms with Crippen LogP contribution in [-0.2, 0) is 6.54 Å². The van der Waals surface area contributed by atoms with E-state index in [1.54, 1.807) is 0 Å². The van der Waals surface area contributed by atoms with E-state index in [1.807, 2.05) is 0 Å². The second-order valence-electron chi connectivity index (χ2n) is 3.90. The van der Waals surface area contributed by atoms with Crippen LogP contribution in [0.3, 0.4) is 0 Å². The fraction of sp³-hybridized carbons (Fsp3) is 0.0769. The predicted molar refractivity (Wildman–Crippen MR) is 68.2 cm³/mol. The first-order valence-corrected chi connectivity index (χ1v) is 5.73. The van der Waals surface area contributed by atoms with Crippen LogP contribution in [0.4, 0.5) is 4.39 Å². The van der Waals surface area contributed by atoms with Gasteiger partial charge in [-0.1, -0.05) is 11.6 Å². The first-order valence-electron chi connectivity index (χ1n) is 5.35. The molecule has 19 heavy (non-hydrogen) atoms. The van der Waals surface area contributed by atoms with E-state index >= 15 is 0 Å². The van der Waals surface area contributed by atoms with E-state index in [4.69, 9.17) is 16.7 Å². The number of carboxylic acids is 1. The van der Waals surface area contributed by atoms with Crippen LogP contribution in [0.5, 0.6) is 0 Å². The summed E-state index contributed by atoms with van der Waals surface area (Å²) in [6.45, 7) is -0.0770. The lowest BCUT2D eigenvalue weighted by Crippen LogP contribution is -2.26. The maximum atomic E-state index is 13.6. The minimum atomic E-state index is -1.31. The largest absolute Gasteiger partial charge is 0.477 e. The fourth-order valence-corrected chi connectivity index (χ4v) is 1.87. The summed E-state index contributed by atoms with van der Waals surface area (Å²) >= 11 is 5.76. The summed E-state index contributed by atoms with van der Waals surface area (Å²) in [4.78, 5) is 22.7. The molecule has 0 aliphatic rings. The van der Waals surface area contributed by atoms with Gasteiger partial charge in [-0.25, -0.2) is 9.18 Å². The maximum Gasteiger partial charge on any atom is 0.341 e. The Hall–Kier alpha value is -2.14. The van der Waals surface area contributed by atoms with Gasteiger partial charge in [-0.3, -0.25) is 4.79 Å². The highest BCUT2D eigenvalue weighted by Crippen LogP contribution is 2.15. The number of aromatic carboxylic acids is 1. The molecule has 0 unspecified atom stereocenters. The highest BCUT2D eigenvalue weighted by molar-refractivity contribution is 6.30. The molecule has 0 aliphatic heterocycles. The monoisotopic (exact) mass is 281 g/mol. The smallest absolute Gasteiger partial charge is 0.341 e. The van der Waals surface area contributed by atoms with Crippen molar-refractivity contribution in [1.29, 1.82) is 0 Å². The molecule has 1 heterocycles. The third-order valence-corrected chi connectivity index (χ3v) is 2.83. The second-order valence-corrected chi connectivity index (χ2v) is 4.33. The summed E-state index contributed by atoms with van der Waals surface area (Å²) in [5.74, 6) is -1.82. The van der Waals surface area contributed by atoms with Crippen molar-refractivity contribution in [2.24, 2.45) is 0 Å². The molecule has 0 atom stereocenters. The van der Waals surface area contributed by atoms with Gasteiger partial charge in [-0.05, 0) is 30.3 Å². The van der Waals surface area contributed by atoms with E-state index in [9.17, 15) is 14.0 Å². The molecule has 1 N–H and O–H groups in total. The second kappa shape index (κ2) is 5.24. The lowest BCUT2D eigenvalue weighted by molar-refractivity contribution is 0.0694. The van der Waals surface area contributed by atoms with Gasteiger partial charge in [0.15, 0.2) is 0 Å². The first kappa shape index (κ1) is 13.3. The molecule has 4 nitrogen and oxygen atoms in total. The van der Waals surface area contributed by atoms with Crippen LogP contribution in [0.25, 0.3) is 0 Å². The lowest BCUT2D eigenvalue weighted by atomic mass is 10.2. The van der Waals surface area contributed by atoms with Gasteiger partial charge in [-0.15, -0.1) is 0 Å². The Balaban J connectivity index is 2.44. The standard InChI is InChI=1S/C13H9ClFNO3/c14-9-3-4-11(15)8(6-9)7-16-5-1-2-10(12(16)17)13(18)19/h1-6H,7H2,(H,18,19). The molecule has 2 rings (SSSR count). The summed E-state index contributed by atoms with van der Waals surface area (Å²) in [5.41, 5.74) is -0.823. The van der Waals surface area contributed by atoms with E-state index < -0.39 is 17.3 Å². The molecular weight excluding hydrogens is 273 g/mol. The molecule has 0 fully saturated rings. The van der Waals surface area contributed by atoms with Gasteiger partial charge in [0.2, 0.25) is 0 Å². The molecule has 98 valence electrons. The molecule has 6 heteroatoms. The summed E-state index contributed by atoms with van der Waals surface area (Å²) in [6, 6.07) is 6.63. The molecular formula is C13H9ClFNO3. The quantitative estimate of drug-likeness (QED) is 0.940. The molecule has 0 radical (unpaired) electrons. The third-order valence-electron chi connectivity index (χ3n) is 2.60. The summed E-state index contributed by atoms with van der Waals surface area (Å²) in [6.07, 6.45) is 1.40. The first-order chi connectivity index (χ1) is 8.99. The van der Waals surface area contributed by atoms with Crippen molar-refractivity contribution in [2.45, 2.75) is 6.54 Å². The zero-order chi connectivity index (χ0) is 14.0. The van der Waals surface area contributed by atoms with Crippen molar-refractivity contribution in [3.8, 4) is 0 Å². The molecule has 1 aromatic heterocycles. The van der Waals surface area contributed by atoms with Gasteiger partial charge in [0.1, 0.15) is 11.4 Å². The van der Waals surface area contributed by atoms with Crippen LogP contribution >= 0.6 is 11.6 Å². The highest BCUT2D eigenvalue weighted by Gasteiger charge is 2.11. The van der Waals surface area contributed by atoms with Crippen molar-refractivity contribution in [3.63, 3.8) is 0 Å². The van der Waals surface area contributed by atoms with E-state index in [2.05, 4.69) is 0 Å². The highest BCUT2D eigenvalue weighted by atomic mass is 35.5. The van der Waals surface area contributed by atoms with Crippen LogP contribution < -0.4 is 5.56 Å². The maximum absolute atomic E-state index is 13.6. The van der Waals surface area contributed by atoms with E-state index in [1.165, 1.54) is 36.5 Å². The third kappa shape index (κ3) is 2.82. The number of aromatic nitrogens is 1. The number of nitrogens with zero attached hydrogens (tertiary/aromatic N) is 1. The van der Waals surface area contributed by atoms with Gasteiger partial charge in [0.25, 0.3) is 5.56 Å². The van der Waals surface area contributed by atoms with Crippen molar-refractivity contribution in [3.05, 3.63) is 68.8 Å². The summed E-state index contributed by atoms with van der Waals surface area (Å²) < 4.78 is 14.7. The van der Waals surface area contributed by atoms with Gasteiger partial charge < -0.3 is 9.67 Å². The van der Waals surface area contributed by atoms with Crippen molar-refractivity contribution >= 4 is 17.6 Å². The Kier molecular flexibility index (Phi) is 3.66. The van der Waals surface area contributed by atoms with E-state index in [0.29, 0.717) is 5.02 Å². The molecule has 1 aromatic carbocycles. The van der Waals surface area contributed by atoms with Crippen molar-refractivity contribution < 1.29 is 14.3 Å². The predicted octanol–water partition coefficient (Wildman–Crippen LogP) is 2.39. The van der Waals surface area contributed by atoms with Crippen LogP contribution in [0.1, 0.15) is 15.9 Å². The van der Waals surface area contributed by atoms with Crippen LogP contribution in [0.15, 0.2) is 41.3 Å². The van der Waals surface area contributed by atoms with Gasteiger partial charge in [0, 0.05) is 16.8 Å². The normalized spacial score (nSPS) is 10.4. The molecule has 0 amide bonds. The number of pyridine rings is 1. The topological polar surface area (TPSA) is 59.3 Å². The Bertz CT molecular complexity index is 697. The minimum absolute atomic E-state index is 0.0770. The molecule has 0 saturated carbocycles. The average Bonchev–Trinajstić information content (AvgIpc) is 2.36. The Morgan fingerprint density at radius 2 is 2.11 bits per heavy atom. The van der Waals surface area contributed by atoms with Crippen LogP contribution in [0.2, 0.25) is 5.02 Å². The van der Waals surface area contributed by atoms with Crippen molar-refractivity contribution in [1.82, 2.24) is 4.57 Å². The SMILES string of the molecule is O=C(O)c1cccn(Cc2cc(Cl)ccc2F)c1=O. The molecule has 0 saturated heterocycles. The molecule has 0 spiro atoms. The van der Waals surface area contributed by atoms with Gasteiger partial charge in [-0.2, -0.15) is 0 Å². The van der Waals surface area contributed by atoms with Gasteiger partial charge >= 0.3 is 5.97 Å². The lowest BCUT2D eigenvalue weighted by Gasteiger charge is -2.08. The molecule has 2 aromatic rings. The average molecular weight is 282 g/mol. The number of carboxylic acid groups (broad SMARTS) is 1. The van der Waals surface area contributed by atoms with E-state index in [-0.39, 0.29) is 17.7 Å². The van der Waals surface area contributed by atoms with E-state index in [0.717, 1.165) is 4.57 Å². The number of benzene rings is 1. The summed E-state index contributed by atoms with van der Waals surface area (Å²) in [5, 5.41) is 9.19. The number of carbonyl (C=O) groups is 1. The zero-order valence-electron chi connectivity index (χ0n) is 9.64. The fourth-order valence-electron chi connectivity index (χ4n) is 1.67. The van der Waals surface area contributed by atoms with Gasteiger partial charge in [0.05, 0.1) is 6.54 Å². The minimum Gasteiger partial charge on any atom is -0.477 e. The van der Waals surface area contributed by atoms with Crippen LogP contribution in [0, 0.1) is 5.82 Å². The molecule has 0 bridgehead atoms. The zero-order valence-corrected chi connectivity index (χ0v) is 10.4. The molecule has 0 aliphatic carbocycles. The summed E-state index contributed by atoms with van der Waals surface area (Å²) in [7, 11) is 0. The number of hydrogen-bond acceptors (Lipinski definition) is 2. The Labute approximate surface area is 112 Å². The van der Waals surface area contributed by atoms with Crippen molar-refractivity contribution in [2.75, 3.05) is 0 Å². The number of hydrogen-bond donors (Lipinski definition) is 1. The number of halogens is 2. The Morgan fingerprint density at radius 3 is 2.79 bits per heavy atom. The number of rotatable bonds is 3.